The van der Waals surface area contributed by atoms with Crippen LogP contribution in [0.2, 0.25) is 5.15 Å². The van der Waals surface area contributed by atoms with Crippen molar-refractivity contribution in [2.75, 3.05) is 20.7 Å². The molecule has 1 amide bonds. The van der Waals surface area contributed by atoms with Crippen LogP contribution in [0.4, 0.5) is 0 Å². The second-order valence-electron chi connectivity index (χ2n) is 3.84. The molecule has 0 aliphatic rings. The summed E-state index contributed by atoms with van der Waals surface area (Å²) in [6.45, 7) is 1.92. The first-order valence-electron chi connectivity index (χ1n) is 5.26. The number of amides is 1. The maximum absolute atomic E-state index is 12.0. The largest absolute Gasteiger partial charge is 0.469 e. The van der Waals surface area contributed by atoms with Gasteiger partial charge in [0.05, 0.1) is 25.4 Å². The fourth-order valence-corrected chi connectivity index (χ4v) is 1.56. The summed E-state index contributed by atoms with van der Waals surface area (Å²) in [6.07, 6.45) is 2.67. The Bertz CT molecular complexity index is 453. The Morgan fingerprint density at radius 1 is 1.50 bits per heavy atom. The highest BCUT2D eigenvalue weighted by Gasteiger charge is 2.20. The molecule has 0 spiro atoms. The second-order valence-corrected chi connectivity index (χ2v) is 4.22. The maximum Gasteiger partial charge on any atom is 0.310 e. The van der Waals surface area contributed by atoms with Crippen LogP contribution < -0.4 is 0 Å². The van der Waals surface area contributed by atoms with Gasteiger partial charge in [-0.05, 0) is 0 Å². The van der Waals surface area contributed by atoms with E-state index in [4.69, 9.17) is 11.6 Å². The number of carbonyl (C=O) groups is 2. The molecule has 0 bridgehead atoms. The van der Waals surface area contributed by atoms with E-state index in [-0.39, 0.29) is 29.3 Å². The Labute approximate surface area is 110 Å². The number of carbonyl (C=O) groups excluding carboxylic acids is 2. The second kappa shape index (κ2) is 6.30. The normalized spacial score (nSPS) is 11.8. The summed E-state index contributed by atoms with van der Waals surface area (Å²) in [4.78, 5) is 32.2. The van der Waals surface area contributed by atoms with Gasteiger partial charge < -0.3 is 9.64 Å². The lowest BCUT2D eigenvalue weighted by molar-refractivity contribution is -0.145. The van der Waals surface area contributed by atoms with Crippen LogP contribution in [0.25, 0.3) is 0 Å². The van der Waals surface area contributed by atoms with Crippen molar-refractivity contribution in [3.8, 4) is 0 Å². The van der Waals surface area contributed by atoms with Crippen LogP contribution in [0.3, 0.4) is 0 Å². The Balaban J connectivity index is 2.70. The lowest BCUT2D eigenvalue weighted by Crippen LogP contribution is -2.34. The van der Waals surface area contributed by atoms with Crippen molar-refractivity contribution in [2.24, 2.45) is 5.92 Å². The molecule has 18 heavy (non-hydrogen) atoms. The van der Waals surface area contributed by atoms with Crippen molar-refractivity contribution in [3.05, 3.63) is 23.2 Å². The van der Waals surface area contributed by atoms with E-state index in [0.29, 0.717) is 0 Å². The van der Waals surface area contributed by atoms with Gasteiger partial charge in [0.2, 0.25) is 0 Å². The smallest absolute Gasteiger partial charge is 0.310 e. The van der Waals surface area contributed by atoms with Crippen LogP contribution >= 0.6 is 11.6 Å². The summed E-state index contributed by atoms with van der Waals surface area (Å²) < 4.78 is 4.59. The van der Waals surface area contributed by atoms with Crippen LogP contribution in [-0.2, 0) is 9.53 Å². The van der Waals surface area contributed by atoms with Crippen molar-refractivity contribution in [3.63, 3.8) is 0 Å². The molecule has 1 unspecified atom stereocenters. The third-order valence-electron chi connectivity index (χ3n) is 2.32. The van der Waals surface area contributed by atoms with Gasteiger partial charge >= 0.3 is 5.97 Å². The first-order chi connectivity index (χ1) is 8.45. The number of rotatable bonds is 4. The summed E-state index contributed by atoms with van der Waals surface area (Å²) in [5, 5.41) is 0.148. The molecule has 0 aliphatic heterocycles. The fourth-order valence-electron chi connectivity index (χ4n) is 1.41. The zero-order valence-electron chi connectivity index (χ0n) is 10.4. The van der Waals surface area contributed by atoms with Crippen LogP contribution in [0, 0.1) is 5.92 Å². The van der Waals surface area contributed by atoms with Crippen LogP contribution in [0.15, 0.2) is 12.4 Å². The molecule has 0 fully saturated rings. The minimum atomic E-state index is -0.406. The molecule has 1 rings (SSSR count). The Morgan fingerprint density at radius 2 is 2.17 bits per heavy atom. The number of hydrogen-bond acceptors (Lipinski definition) is 5. The standard InChI is InChI=1S/C11H14ClN3O3/c1-7(11(17)18-3)6-15(2)10(16)8-4-13-5-9(12)14-8/h4-5,7H,6H2,1-3H3. The molecule has 1 atom stereocenters. The quantitative estimate of drug-likeness (QED) is 0.764. The van der Waals surface area contributed by atoms with Crippen LogP contribution in [-0.4, -0.2) is 47.4 Å². The zero-order valence-corrected chi connectivity index (χ0v) is 11.1. The molecular formula is C11H14ClN3O3. The van der Waals surface area contributed by atoms with E-state index < -0.39 is 5.92 Å². The van der Waals surface area contributed by atoms with Crippen molar-refractivity contribution < 1.29 is 14.3 Å². The van der Waals surface area contributed by atoms with E-state index in [2.05, 4.69) is 14.7 Å². The van der Waals surface area contributed by atoms with E-state index in [1.165, 1.54) is 24.4 Å². The lowest BCUT2D eigenvalue weighted by Gasteiger charge is -2.19. The van der Waals surface area contributed by atoms with Gasteiger partial charge in [0, 0.05) is 13.6 Å². The molecule has 7 heteroatoms. The van der Waals surface area contributed by atoms with Crippen LogP contribution in [0.5, 0.6) is 0 Å². The SMILES string of the molecule is COC(=O)C(C)CN(C)C(=O)c1cncc(Cl)n1. The van der Waals surface area contributed by atoms with Gasteiger partial charge in [-0.25, -0.2) is 4.98 Å². The fraction of sp³-hybridized carbons (Fsp3) is 0.455. The lowest BCUT2D eigenvalue weighted by atomic mass is 10.1. The van der Waals surface area contributed by atoms with E-state index in [1.54, 1.807) is 14.0 Å². The number of ether oxygens (including phenoxy) is 1. The van der Waals surface area contributed by atoms with Crippen molar-refractivity contribution in [1.29, 1.82) is 0 Å². The molecule has 0 saturated heterocycles. The van der Waals surface area contributed by atoms with Gasteiger partial charge in [-0.1, -0.05) is 18.5 Å². The van der Waals surface area contributed by atoms with Crippen LogP contribution in [0.1, 0.15) is 17.4 Å². The Kier molecular flexibility index (Phi) is 5.03. The average molecular weight is 272 g/mol. The number of methoxy groups -OCH3 is 1. The van der Waals surface area contributed by atoms with Gasteiger partial charge in [0.15, 0.2) is 0 Å². The molecule has 0 radical (unpaired) electrons. The highest BCUT2D eigenvalue weighted by molar-refractivity contribution is 6.29. The first kappa shape index (κ1) is 14.4. The van der Waals surface area contributed by atoms with Gasteiger partial charge in [-0.2, -0.15) is 0 Å². The monoisotopic (exact) mass is 271 g/mol. The minimum Gasteiger partial charge on any atom is -0.469 e. The molecule has 6 nitrogen and oxygen atoms in total. The number of esters is 1. The molecule has 1 heterocycles. The average Bonchev–Trinajstić information content (AvgIpc) is 2.36. The molecule has 98 valence electrons. The summed E-state index contributed by atoms with van der Waals surface area (Å²) >= 11 is 5.65. The topological polar surface area (TPSA) is 72.4 Å². The highest BCUT2D eigenvalue weighted by Crippen LogP contribution is 2.07. The summed E-state index contributed by atoms with van der Waals surface area (Å²) in [7, 11) is 2.88. The van der Waals surface area contributed by atoms with Gasteiger partial charge in [-0.3, -0.25) is 14.6 Å². The number of halogens is 1. The van der Waals surface area contributed by atoms with Gasteiger partial charge in [-0.15, -0.1) is 0 Å². The zero-order chi connectivity index (χ0) is 13.7. The predicted octanol–water partition coefficient (Wildman–Crippen LogP) is 1.01. The summed E-state index contributed by atoms with van der Waals surface area (Å²) in [5.41, 5.74) is 0.141. The van der Waals surface area contributed by atoms with E-state index in [1.807, 2.05) is 0 Å². The maximum atomic E-state index is 12.0. The molecule has 0 N–H and O–H groups in total. The first-order valence-corrected chi connectivity index (χ1v) is 5.64. The van der Waals surface area contributed by atoms with Gasteiger partial charge in [0.25, 0.3) is 5.91 Å². The third-order valence-corrected chi connectivity index (χ3v) is 2.50. The molecule has 1 aromatic rings. The third kappa shape index (κ3) is 3.66. The van der Waals surface area contributed by atoms with E-state index in [9.17, 15) is 9.59 Å². The molecular weight excluding hydrogens is 258 g/mol. The van der Waals surface area contributed by atoms with Gasteiger partial charge in [0.1, 0.15) is 10.8 Å². The molecule has 0 saturated carbocycles. The Hall–Kier alpha value is -1.69. The molecule has 0 aliphatic carbocycles. The number of hydrogen-bond donors (Lipinski definition) is 0. The molecule has 1 aromatic heterocycles. The van der Waals surface area contributed by atoms with Crippen molar-refractivity contribution >= 4 is 23.5 Å². The molecule has 0 aromatic carbocycles. The van der Waals surface area contributed by atoms with E-state index >= 15 is 0 Å². The number of aromatic nitrogens is 2. The van der Waals surface area contributed by atoms with Crippen molar-refractivity contribution in [1.82, 2.24) is 14.9 Å². The van der Waals surface area contributed by atoms with Crippen molar-refractivity contribution in [2.45, 2.75) is 6.92 Å². The van der Waals surface area contributed by atoms with E-state index in [0.717, 1.165) is 0 Å². The highest BCUT2D eigenvalue weighted by atomic mass is 35.5. The minimum absolute atomic E-state index is 0.141. The Morgan fingerprint density at radius 3 is 2.72 bits per heavy atom. The summed E-state index contributed by atoms with van der Waals surface area (Å²) in [6, 6.07) is 0. The number of nitrogens with zero attached hydrogens (tertiary/aromatic N) is 3. The summed E-state index contributed by atoms with van der Waals surface area (Å²) in [5.74, 6) is -1.12. The predicted molar refractivity (Wildman–Crippen MR) is 65.2 cm³/mol.